The van der Waals surface area contributed by atoms with Crippen molar-refractivity contribution in [3.8, 4) is 17.2 Å². The monoisotopic (exact) mass is 955 g/mol. The molecule has 0 aromatic heterocycles. The Morgan fingerprint density at radius 2 is 1.62 bits per heavy atom. The smallest absolute Gasteiger partial charge is 0.243 e. The molecule has 1 fully saturated rings. The number of ketones is 4. The van der Waals surface area contributed by atoms with Crippen LogP contribution in [0.5, 0.6) is 17.2 Å². The summed E-state index contributed by atoms with van der Waals surface area (Å²) in [6, 6.07) is -1.32. The van der Waals surface area contributed by atoms with E-state index < -0.39 is 156 Å². The van der Waals surface area contributed by atoms with Crippen molar-refractivity contribution in [3.63, 3.8) is 0 Å². The average Bonchev–Trinajstić information content (AvgIpc) is 3.29. The van der Waals surface area contributed by atoms with Gasteiger partial charge in [0.25, 0.3) is 0 Å². The number of carbonyl (C=O) groups excluding carboxylic acids is 8. The van der Waals surface area contributed by atoms with Gasteiger partial charge in [0.2, 0.25) is 29.4 Å². The van der Waals surface area contributed by atoms with Gasteiger partial charge in [0, 0.05) is 55.0 Å². The van der Waals surface area contributed by atoms with E-state index in [1.165, 1.54) is 46.1 Å². The lowest BCUT2D eigenvalue weighted by Crippen LogP contribution is -2.57. The zero-order chi connectivity index (χ0) is 50.4. The second-order valence-corrected chi connectivity index (χ2v) is 17.4. The number of amides is 4. The summed E-state index contributed by atoms with van der Waals surface area (Å²) in [6.07, 6.45) is -6.19. The van der Waals surface area contributed by atoms with E-state index in [1.807, 2.05) is 0 Å². The standard InChI is InChI=1S/C45H61N7O16/c1-19(47)42(62)50-20(2)43(63)52-26(14-31(48)56)44(64)51-24(9-5-6-12-46)27(54)11-13-49-25-15-32(67-21(3)37(25)57)68-29-17-45(65,30(55)18-53)16-23-34(29)41(61)36-35(39(23)59)38(58)22-8-7-10-28(66-4)33(22)40(36)60/h7-8,10,19-21,24-26,29,32,37,49,53,57,59,61,65H,5-6,9,11-18,46-47H2,1-4H3,(H2,48,56)(H,50,62)(H,51,64)(H,52,63)/t19?,20?,21?,24?,25?,26?,29-,32?,37?,45-/m0/s1. The molecular weight excluding hydrogens is 895 g/mol. The summed E-state index contributed by atoms with van der Waals surface area (Å²) in [5, 5.41) is 66.7. The Morgan fingerprint density at radius 3 is 2.25 bits per heavy atom. The first kappa shape index (κ1) is 53.0. The van der Waals surface area contributed by atoms with E-state index >= 15 is 0 Å². The number of phenols is 2. The number of fused-ring (bicyclic) bond motifs is 3. The summed E-state index contributed by atoms with van der Waals surface area (Å²) in [6.45, 7) is 3.37. The Bertz CT molecular complexity index is 2310. The normalized spacial score (nSPS) is 23.7. The number of Topliss-reactive ketones (excluding diaryl/α,β-unsaturated/α-hetero) is 2. The van der Waals surface area contributed by atoms with Crippen molar-refractivity contribution in [1.82, 2.24) is 21.3 Å². The molecule has 0 bridgehead atoms. The molecular formula is C45H61N7O16. The quantitative estimate of drug-likeness (QED) is 0.0363. The van der Waals surface area contributed by atoms with Crippen molar-refractivity contribution < 1.29 is 78.1 Å². The number of hydrogen-bond acceptors (Lipinski definition) is 19. The van der Waals surface area contributed by atoms with Gasteiger partial charge in [-0.1, -0.05) is 12.1 Å². The van der Waals surface area contributed by atoms with Gasteiger partial charge in [0.1, 0.15) is 41.5 Å². The van der Waals surface area contributed by atoms with Gasteiger partial charge in [-0.25, -0.2) is 0 Å². The molecule has 3 aliphatic rings. The van der Waals surface area contributed by atoms with Gasteiger partial charge in [-0.3, -0.25) is 38.4 Å². The predicted octanol–water partition coefficient (Wildman–Crippen LogP) is -2.58. The van der Waals surface area contributed by atoms with Crippen LogP contribution in [0.25, 0.3) is 0 Å². The lowest BCUT2D eigenvalue weighted by molar-refractivity contribution is -0.249. The molecule has 0 radical (unpaired) electrons. The lowest BCUT2D eigenvalue weighted by Gasteiger charge is -2.43. The summed E-state index contributed by atoms with van der Waals surface area (Å²) in [7, 11) is 1.29. The minimum absolute atomic E-state index is 0.0288. The molecule has 10 atom stereocenters. The highest BCUT2D eigenvalue weighted by molar-refractivity contribution is 6.31. The summed E-state index contributed by atoms with van der Waals surface area (Å²) in [4.78, 5) is 105. The maximum atomic E-state index is 14.0. The predicted molar refractivity (Wildman–Crippen MR) is 237 cm³/mol. The number of methoxy groups -OCH3 is 1. The first-order chi connectivity index (χ1) is 32.1. The topological polar surface area (TPSA) is 392 Å². The molecule has 372 valence electrons. The number of carbonyl (C=O) groups is 8. The third-order valence-corrected chi connectivity index (χ3v) is 12.4. The Hall–Kier alpha value is -5.92. The van der Waals surface area contributed by atoms with Gasteiger partial charge < -0.3 is 78.2 Å². The molecule has 2 aromatic rings. The van der Waals surface area contributed by atoms with Gasteiger partial charge in [0.05, 0.1) is 60.6 Å². The van der Waals surface area contributed by atoms with Gasteiger partial charge in [-0.05, 0) is 52.6 Å². The highest BCUT2D eigenvalue weighted by Crippen LogP contribution is 2.52. The molecule has 15 N–H and O–H groups in total. The van der Waals surface area contributed by atoms with Crippen LogP contribution in [-0.4, -0.2) is 153 Å². The number of nitrogens with one attached hydrogen (secondary N) is 4. The minimum Gasteiger partial charge on any atom is -0.507 e. The van der Waals surface area contributed by atoms with E-state index in [9.17, 15) is 63.9 Å². The SMILES string of the molecule is COc1cccc2c1C(=O)c1c(O)c3c(c(O)c1C2=O)C[C@@](O)(C(=O)CO)C[C@@H]3OC1CC(NCCC(=O)C(CCCCN)NC(=O)C(CC(N)=O)NC(=O)C(C)NC(=O)C(C)N)C(O)C(C)O1. The van der Waals surface area contributed by atoms with E-state index in [1.54, 1.807) is 0 Å². The number of rotatable bonds is 22. The highest BCUT2D eigenvalue weighted by Gasteiger charge is 2.50. The third-order valence-electron chi connectivity index (χ3n) is 12.4. The summed E-state index contributed by atoms with van der Waals surface area (Å²) >= 11 is 0. The van der Waals surface area contributed by atoms with E-state index in [2.05, 4.69) is 21.3 Å². The number of primary amides is 1. The van der Waals surface area contributed by atoms with E-state index in [0.29, 0.717) is 19.4 Å². The average molecular weight is 956 g/mol. The summed E-state index contributed by atoms with van der Waals surface area (Å²) in [5.41, 5.74) is 12.3. The fourth-order valence-electron chi connectivity index (χ4n) is 8.67. The van der Waals surface area contributed by atoms with Crippen LogP contribution in [0.3, 0.4) is 0 Å². The van der Waals surface area contributed by atoms with E-state index in [0.717, 1.165) is 0 Å². The number of aromatic hydroxyl groups is 2. The molecule has 23 heteroatoms. The molecule has 0 saturated carbocycles. The Morgan fingerprint density at radius 1 is 0.941 bits per heavy atom. The number of benzene rings is 2. The number of unbranched alkanes of at least 4 members (excludes halogenated alkanes) is 1. The Labute approximate surface area is 390 Å². The fraction of sp³-hybridized carbons (Fsp3) is 0.556. The number of nitrogens with two attached hydrogens (primary N) is 3. The first-order valence-corrected chi connectivity index (χ1v) is 22.2. The van der Waals surface area contributed by atoms with Crippen LogP contribution in [0.1, 0.15) is 115 Å². The van der Waals surface area contributed by atoms with Crippen LogP contribution in [0, 0.1) is 0 Å². The maximum absolute atomic E-state index is 14.0. The lowest BCUT2D eigenvalue weighted by atomic mass is 9.72. The second-order valence-electron chi connectivity index (χ2n) is 17.4. The second kappa shape index (κ2) is 22.5. The van der Waals surface area contributed by atoms with Crippen LogP contribution < -0.4 is 43.2 Å². The molecule has 1 saturated heterocycles. The molecule has 0 spiro atoms. The number of ether oxygens (including phenoxy) is 3. The Balaban J connectivity index is 1.34. The Kier molecular flexibility index (Phi) is 17.5. The highest BCUT2D eigenvalue weighted by atomic mass is 16.7. The largest absolute Gasteiger partial charge is 0.507 e. The van der Waals surface area contributed by atoms with Crippen LogP contribution in [0.4, 0.5) is 0 Å². The van der Waals surface area contributed by atoms with Gasteiger partial charge >= 0.3 is 0 Å². The van der Waals surface area contributed by atoms with Gasteiger partial charge in [0.15, 0.2) is 23.6 Å². The third kappa shape index (κ3) is 11.5. The number of phenolic OH excluding ortho intramolecular Hbond substituents is 2. The van der Waals surface area contributed by atoms with E-state index in [-0.39, 0.29) is 53.8 Å². The first-order valence-electron chi connectivity index (χ1n) is 22.2. The van der Waals surface area contributed by atoms with Crippen LogP contribution in [0.2, 0.25) is 0 Å². The van der Waals surface area contributed by atoms with Gasteiger partial charge in [-0.2, -0.15) is 0 Å². The minimum atomic E-state index is -2.40. The molecule has 23 nitrogen and oxygen atoms in total. The molecule has 8 unspecified atom stereocenters. The molecule has 68 heavy (non-hydrogen) atoms. The van der Waals surface area contributed by atoms with Crippen molar-refractivity contribution in [2.75, 3.05) is 26.8 Å². The van der Waals surface area contributed by atoms with E-state index in [4.69, 9.17) is 31.4 Å². The van der Waals surface area contributed by atoms with Gasteiger partial charge in [-0.15, -0.1) is 0 Å². The summed E-state index contributed by atoms with van der Waals surface area (Å²) < 4.78 is 17.6. The van der Waals surface area contributed by atoms with Crippen molar-refractivity contribution in [1.29, 1.82) is 0 Å². The zero-order valence-electron chi connectivity index (χ0n) is 38.2. The zero-order valence-corrected chi connectivity index (χ0v) is 38.2. The fourth-order valence-corrected chi connectivity index (χ4v) is 8.67. The number of aliphatic hydroxyl groups is 3. The number of aliphatic hydroxyl groups excluding tert-OH is 2. The summed E-state index contributed by atoms with van der Waals surface area (Å²) in [5.74, 6) is -8.05. The maximum Gasteiger partial charge on any atom is 0.243 e. The molecule has 4 amide bonds. The van der Waals surface area contributed by atoms with Crippen LogP contribution in [0.15, 0.2) is 18.2 Å². The molecule has 1 heterocycles. The van der Waals surface area contributed by atoms with Crippen LogP contribution in [-0.2, 0) is 44.7 Å². The van der Waals surface area contributed by atoms with Crippen molar-refractivity contribution >= 4 is 46.8 Å². The molecule has 2 aliphatic carbocycles. The molecule has 5 rings (SSSR count). The van der Waals surface area contributed by atoms with Crippen LogP contribution >= 0.6 is 0 Å². The van der Waals surface area contributed by atoms with Crippen molar-refractivity contribution in [2.24, 2.45) is 17.2 Å². The van der Waals surface area contributed by atoms with Crippen molar-refractivity contribution in [3.05, 3.63) is 51.6 Å². The van der Waals surface area contributed by atoms with Crippen molar-refractivity contribution in [2.45, 2.75) is 133 Å². The molecule has 2 aromatic carbocycles. The number of hydrogen-bond donors (Lipinski definition) is 12. The molecule has 1 aliphatic heterocycles.